The molecule has 0 saturated carbocycles. The number of hydrazine groups is 1. The van der Waals surface area contributed by atoms with E-state index in [-0.39, 0.29) is 5.69 Å². The average Bonchev–Trinajstić information content (AvgIpc) is 2.60. The molecule has 7 heteroatoms. The summed E-state index contributed by atoms with van der Waals surface area (Å²) in [6, 6.07) is 1.27. The van der Waals surface area contributed by atoms with Gasteiger partial charge in [0.05, 0.1) is 4.47 Å². The molecular formula is C8H6BrFN4O. The van der Waals surface area contributed by atoms with Crippen LogP contribution in [0.15, 0.2) is 22.9 Å². The number of imidazole rings is 1. The van der Waals surface area contributed by atoms with Crippen molar-refractivity contribution < 1.29 is 9.18 Å². The SMILES string of the molecule is NNC(=O)c1cn2cc(F)cc(Br)c2n1. The molecule has 0 atom stereocenters. The van der Waals surface area contributed by atoms with Gasteiger partial charge in [-0.1, -0.05) is 0 Å². The normalized spacial score (nSPS) is 10.6. The number of carbonyl (C=O) groups is 1. The molecule has 78 valence electrons. The number of fused-ring (bicyclic) bond motifs is 1. The largest absolute Gasteiger partial charge is 0.302 e. The number of rotatable bonds is 1. The second-order valence-electron chi connectivity index (χ2n) is 2.84. The summed E-state index contributed by atoms with van der Waals surface area (Å²) in [4.78, 5) is 15.1. The lowest BCUT2D eigenvalue weighted by Gasteiger charge is -1.95. The Morgan fingerprint density at radius 1 is 1.60 bits per heavy atom. The summed E-state index contributed by atoms with van der Waals surface area (Å²) >= 11 is 3.15. The van der Waals surface area contributed by atoms with E-state index in [9.17, 15) is 9.18 Å². The van der Waals surface area contributed by atoms with Crippen molar-refractivity contribution in [1.29, 1.82) is 0 Å². The van der Waals surface area contributed by atoms with E-state index >= 15 is 0 Å². The molecule has 0 aliphatic heterocycles. The van der Waals surface area contributed by atoms with Crippen LogP contribution in [0, 0.1) is 5.82 Å². The predicted molar refractivity (Wildman–Crippen MR) is 54.5 cm³/mol. The third kappa shape index (κ3) is 1.71. The summed E-state index contributed by atoms with van der Waals surface area (Å²) in [5, 5.41) is 0. The van der Waals surface area contributed by atoms with Crippen molar-refractivity contribution in [2.75, 3.05) is 0 Å². The summed E-state index contributed by atoms with van der Waals surface area (Å²) in [5.74, 6) is 4.01. The van der Waals surface area contributed by atoms with Gasteiger partial charge in [0.2, 0.25) is 0 Å². The van der Waals surface area contributed by atoms with Gasteiger partial charge in [-0.2, -0.15) is 0 Å². The van der Waals surface area contributed by atoms with Gasteiger partial charge in [-0.3, -0.25) is 10.2 Å². The fourth-order valence-corrected chi connectivity index (χ4v) is 1.72. The number of halogens is 2. The van der Waals surface area contributed by atoms with Crippen LogP contribution in [0.2, 0.25) is 0 Å². The number of hydrogen-bond acceptors (Lipinski definition) is 3. The molecule has 1 amide bonds. The number of aromatic nitrogens is 2. The van der Waals surface area contributed by atoms with Gasteiger partial charge in [0.25, 0.3) is 5.91 Å². The third-order valence-electron chi connectivity index (χ3n) is 1.84. The van der Waals surface area contributed by atoms with Gasteiger partial charge in [-0.25, -0.2) is 15.2 Å². The molecule has 0 aliphatic carbocycles. The first-order valence-electron chi connectivity index (χ1n) is 3.96. The van der Waals surface area contributed by atoms with Crippen molar-refractivity contribution in [1.82, 2.24) is 14.8 Å². The lowest BCUT2D eigenvalue weighted by Crippen LogP contribution is -2.30. The molecule has 2 rings (SSSR count). The van der Waals surface area contributed by atoms with Crippen LogP contribution in [0.4, 0.5) is 4.39 Å². The second-order valence-corrected chi connectivity index (χ2v) is 3.69. The number of carbonyl (C=O) groups excluding carboxylic acids is 1. The van der Waals surface area contributed by atoms with Gasteiger partial charge in [-0.15, -0.1) is 0 Å². The molecule has 0 aliphatic rings. The van der Waals surface area contributed by atoms with Crippen LogP contribution in [0.5, 0.6) is 0 Å². The number of nitrogen functional groups attached to an aromatic ring is 1. The maximum atomic E-state index is 13.0. The molecular weight excluding hydrogens is 267 g/mol. The monoisotopic (exact) mass is 272 g/mol. The molecule has 2 heterocycles. The summed E-state index contributed by atoms with van der Waals surface area (Å²) in [6.45, 7) is 0. The lowest BCUT2D eigenvalue weighted by atomic mass is 10.4. The van der Waals surface area contributed by atoms with Crippen molar-refractivity contribution in [2.45, 2.75) is 0 Å². The maximum absolute atomic E-state index is 13.0. The molecule has 0 aromatic carbocycles. The number of nitrogens with zero attached hydrogens (tertiary/aromatic N) is 2. The number of hydrogen-bond donors (Lipinski definition) is 2. The Labute approximate surface area is 92.2 Å². The van der Waals surface area contributed by atoms with Crippen LogP contribution >= 0.6 is 15.9 Å². The number of nitrogens with two attached hydrogens (primary N) is 1. The van der Waals surface area contributed by atoms with Gasteiger partial charge in [0.15, 0.2) is 5.65 Å². The van der Waals surface area contributed by atoms with Crippen LogP contribution in [-0.2, 0) is 0 Å². The number of nitrogens with one attached hydrogen (secondary N) is 1. The van der Waals surface area contributed by atoms with Gasteiger partial charge in [0, 0.05) is 12.4 Å². The Balaban J connectivity index is 2.65. The smallest absolute Gasteiger partial charge is 0.285 e. The highest BCUT2D eigenvalue weighted by atomic mass is 79.9. The van der Waals surface area contributed by atoms with Crippen molar-refractivity contribution in [3.05, 3.63) is 34.4 Å². The highest BCUT2D eigenvalue weighted by Crippen LogP contribution is 2.18. The molecule has 0 radical (unpaired) electrons. The molecule has 0 fully saturated rings. The zero-order valence-electron chi connectivity index (χ0n) is 7.37. The maximum Gasteiger partial charge on any atom is 0.285 e. The zero-order chi connectivity index (χ0) is 11.0. The number of pyridine rings is 1. The first kappa shape index (κ1) is 10.1. The molecule has 0 spiro atoms. The van der Waals surface area contributed by atoms with E-state index in [2.05, 4.69) is 20.9 Å². The van der Waals surface area contributed by atoms with E-state index in [1.807, 2.05) is 5.43 Å². The van der Waals surface area contributed by atoms with Gasteiger partial charge in [-0.05, 0) is 22.0 Å². The van der Waals surface area contributed by atoms with E-state index in [0.717, 1.165) is 0 Å². The van der Waals surface area contributed by atoms with E-state index in [1.54, 1.807) is 0 Å². The van der Waals surface area contributed by atoms with Gasteiger partial charge < -0.3 is 4.40 Å². The van der Waals surface area contributed by atoms with Gasteiger partial charge in [0.1, 0.15) is 11.5 Å². The van der Waals surface area contributed by atoms with Crippen LogP contribution < -0.4 is 11.3 Å². The van der Waals surface area contributed by atoms with Crippen LogP contribution in [0.3, 0.4) is 0 Å². The summed E-state index contributed by atoms with van der Waals surface area (Å²) < 4.78 is 14.9. The van der Waals surface area contributed by atoms with Crippen molar-refractivity contribution in [3.8, 4) is 0 Å². The van der Waals surface area contributed by atoms with E-state index in [0.29, 0.717) is 10.1 Å². The van der Waals surface area contributed by atoms with Crippen LogP contribution in [0.1, 0.15) is 10.5 Å². The third-order valence-corrected chi connectivity index (χ3v) is 2.42. The van der Waals surface area contributed by atoms with E-state index < -0.39 is 11.7 Å². The fourth-order valence-electron chi connectivity index (χ4n) is 1.21. The van der Waals surface area contributed by atoms with E-state index in [1.165, 1.54) is 22.9 Å². The highest BCUT2D eigenvalue weighted by Gasteiger charge is 2.11. The quantitative estimate of drug-likeness (QED) is 0.459. The Kier molecular flexibility index (Phi) is 2.41. The predicted octanol–water partition coefficient (Wildman–Crippen LogP) is 0.839. The van der Waals surface area contributed by atoms with Crippen molar-refractivity contribution in [3.63, 3.8) is 0 Å². The first-order chi connectivity index (χ1) is 7.11. The minimum Gasteiger partial charge on any atom is -0.302 e. The fraction of sp³-hybridized carbons (Fsp3) is 0. The molecule has 5 nitrogen and oxygen atoms in total. The highest BCUT2D eigenvalue weighted by molar-refractivity contribution is 9.10. The first-order valence-corrected chi connectivity index (χ1v) is 4.76. The Morgan fingerprint density at radius 3 is 3.00 bits per heavy atom. The second kappa shape index (κ2) is 3.59. The molecule has 15 heavy (non-hydrogen) atoms. The zero-order valence-corrected chi connectivity index (χ0v) is 8.95. The van der Waals surface area contributed by atoms with Crippen LogP contribution in [0.25, 0.3) is 5.65 Å². The summed E-state index contributed by atoms with van der Waals surface area (Å²) in [7, 11) is 0. The molecule has 2 aromatic rings. The Morgan fingerprint density at radius 2 is 2.33 bits per heavy atom. The molecule has 0 bridgehead atoms. The van der Waals surface area contributed by atoms with Crippen molar-refractivity contribution >= 4 is 27.5 Å². The summed E-state index contributed by atoms with van der Waals surface area (Å²) in [5.41, 5.74) is 2.53. The minimum absolute atomic E-state index is 0.129. The standard InChI is InChI=1S/C8H6BrFN4O/c9-5-1-4(10)2-14-3-6(8(15)13-11)12-7(5)14/h1-3H,11H2,(H,13,15). The summed E-state index contributed by atoms with van der Waals surface area (Å²) in [6.07, 6.45) is 2.62. The van der Waals surface area contributed by atoms with E-state index in [4.69, 9.17) is 5.84 Å². The molecule has 0 saturated heterocycles. The van der Waals surface area contributed by atoms with Crippen molar-refractivity contribution in [2.24, 2.45) is 5.84 Å². The number of amides is 1. The molecule has 0 unspecified atom stereocenters. The average molecular weight is 273 g/mol. The topological polar surface area (TPSA) is 72.4 Å². The van der Waals surface area contributed by atoms with Gasteiger partial charge >= 0.3 is 0 Å². The Hall–Kier alpha value is -1.47. The Bertz CT molecular complexity index is 539. The molecule has 3 N–H and O–H groups in total. The minimum atomic E-state index is -0.522. The van der Waals surface area contributed by atoms with Crippen LogP contribution in [-0.4, -0.2) is 15.3 Å². The molecule has 2 aromatic heterocycles. The lowest BCUT2D eigenvalue weighted by molar-refractivity contribution is 0.0949.